The van der Waals surface area contributed by atoms with Crippen LogP contribution in [0.1, 0.15) is 21.5 Å². The molecule has 1 aliphatic rings. The highest BCUT2D eigenvalue weighted by molar-refractivity contribution is 6.04. The maximum atomic E-state index is 12.4. The first-order valence-electron chi connectivity index (χ1n) is 7.99. The van der Waals surface area contributed by atoms with E-state index in [4.69, 9.17) is 11.2 Å². The summed E-state index contributed by atoms with van der Waals surface area (Å²) in [7, 11) is 0. The number of hydrogen-bond acceptors (Lipinski definition) is 3. The molecule has 1 saturated heterocycles. The number of aryl methyl sites for hydroxylation is 1. The number of nitrogens with zero attached hydrogens (tertiary/aromatic N) is 1. The molecule has 4 heteroatoms. The van der Waals surface area contributed by atoms with Gasteiger partial charge in [-0.15, -0.1) is 6.42 Å². The lowest BCUT2D eigenvalue weighted by Gasteiger charge is -2.28. The molecule has 1 fully saturated rings. The normalized spacial score (nSPS) is 14.1. The van der Waals surface area contributed by atoms with E-state index in [0.717, 1.165) is 48.8 Å². The Morgan fingerprint density at radius 2 is 1.88 bits per heavy atom. The fraction of sp³-hybridized carbons (Fsp3) is 0.250. The van der Waals surface area contributed by atoms with Gasteiger partial charge in [0.2, 0.25) is 0 Å². The number of carbonyl (C=O) groups is 1. The van der Waals surface area contributed by atoms with Gasteiger partial charge in [0, 0.05) is 35.6 Å². The van der Waals surface area contributed by atoms with Crippen LogP contribution in [0.4, 0.5) is 11.4 Å². The molecule has 0 atom stereocenters. The van der Waals surface area contributed by atoms with E-state index in [1.165, 1.54) is 0 Å². The van der Waals surface area contributed by atoms with Gasteiger partial charge in [0.1, 0.15) is 0 Å². The molecule has 24 heavy (non-hydrogen) atoms. The standard InChI is InChI=1S/C20H20N2O2/c1-3-16-14-17(5-4-15(16)2)20(23)21-18-6-8-19(9-7-18)22-10-12-24-13-11-22/h1,4-9,14H,10-13H2,2H3,(H,21,23). The van der Waals surface area contributed by atoms with Gasteiger partial charge in [-0.05, 0) is 48.9 Å². The molecule has 0 bridgehead atoms. The summed E-state index contributed by atoms with van der Waals surface area (Å²) in [6.07, 6.45) is 5.46. The van der Waals surface area contributed by atoms with Gasteiger partial charge in [-0.3, -0.25) is 4.79 Å². The largest absolute Gasteiger partial charge is 0.378 e. The number of anilines is 2. The fourth-order valence-electron chi connectivity index (χ4n) is 2.70. The minimum absolute atomic E-state index is 0.161. The van der Waals surface area contributed by atoms with E-state index in [1.807, 2.05) is 37.3 Å². The van der Waals surface area contributed by atoms with Gasteiger partial charge < -0.3 is 15.0 Å². The first kappa shape index (κ1) is 16.1. The third kappa shape index (κ3) is 3.58. The molecule has 0 radical (unpaired) electrons. The van der Waals surface area contributed by atoms with E-state index in [0.29, 0.717) is 5.56 Å². The van der Waals surface area contributed by atoms with Crippen molar-refractivity contribution < 1.29 is 9.53 Å². The van der Waals surface area contributed by atoms with Crippen LogP contribution in [-0.4, -0.2) is 32.2 Å². The number of rotatable bonds is 3. The zero-order valence-corrected chi connectivity index (χ0v) is 13.7. The number of ether oxygens (including phenoxy) is 1. The number of morpholine rings is 1. The van der Waals surface area contributed by atoms with E-state index < -0.39 is 0 Å². The SMILES string of the molecule is C#Cc1cc(C(=O)Nc2ccc(N3CCOCC3)cc2)ccc1C. The van der Waals surface area contributed by atoms with E-state index >= 15 is 0 Å². The molecular formula is C20H20N2O2. The van der Waals surface area contributed by atoms with Crippen molar-refractivity contribution in [2.45, 2.75) is 6.92 Å². The van der Waals surface area contributed by atoms with Crippen LogP contribution in [0.25, 0.3) is 0 Å². The zero-order valence-electron chi connectivity index (χ0n) is 13.7. The Hall–Kier alpha value is -2.77. The second-order valence-electron chi connectivity index (χ2n) is 5.77. The van der Waals surface area contributed by atoms with Crippen LogP contribution in [-0.2, 0) is 4.74 Å². The molecule has 1 aliphatic heterocycles. The van der Waals surface area contributed by atoms with Crippen LogP contribution in [0.15, 0.2) is 42.5 Å². The van der Waals surface area contributed by atoms with Crippen molar-refractivity contribution in [2.75, 3.05) is 36.5 Å². The highest BCUT2D eigenvalue weighted by Gasteiger charge is 2.12. The van der Waals surface area contributed by atoms with Crippen LogP contribution < -0.4 is 10.2 Å². The quantitative estimate of drug-likeness (QED) is 0.884. The summed E-state index contributed by atoms with van der Waals surface area (Å²) in [6.45, 7) is 5.22. The second-order valence-corrected chi connectivity index (χ2v) is 5.77. The Labute approximate surface area is 142 Å². The minimum atomic E-state index is -0.161. The van der Waals surface area contributed by atoms with Crippen molar-refractivity contribution in [3.63, 3.8) is 0 Å². The van der Waals surface area contributed by atoms with Crippen molar-refractivity contribution in [3.8, 4) is 12.3 Å². The van der Waals surface area contributed by atoms with E-state index in [2.05, 4.69) is 16.1 Å². The van der Waals surface area contributed by atoms with Crippen LogP contribution in [0.3, 0.4) is 0 Å². The van der Waals surface area contributed by atoms with Crippen LogP contribution in [0, 0.1) is 19.3 Å². The molecule has 1 amide bonds. The molecule has 0 unspecified atom stereocenters. The minimum Gasteiger partial charge on any atom is -0.378 e. The summed E-state index contributed by atoms with van der Waals surface area (Å²) in [5, 5.41) is 2.91. The predicted molar refractivity (Wildman–Crippen MR) is 96.5 cm³/mol. The number of terminal acetylenes is 1. The lowest BCUT2D eigenvalue weighted by Crippen LogP contribution is -2.36. The van der Waals surface area contributed by atoms with E-state index in [1.54, 1.807) is 12.1 Å². The van der Waals surface area contributed by atoms with Crippen molar-refractivity contribution in [1.29, 1.82) is 0 Å². The molecular weight excluding hydrogens is 300 g/mol. The van der Waals surface area contributed by atoms with Gasteiger partial charge in [0.15, 0.2) is 0 Å². The summed E-state index contributed by atoms with van der Waals surface area (Å²) < 4.78 is 5.36. The Morgan fingerprint density at radius 3 is 2.54 bits per heavy atom. The van der Waals surface area contributed by atoms with E-state index in [-0.39, 0.29) is 5.91 Å². The summed E-state index contributed by atoms with van der Waals surface area (Å²) in [4.78, 5) is 14.6. The number of hydrogen-bond donors (Lipinski definition) is 1. The van der Waals surface area contributed by atoms with Gasteiger partial charge in [0.05, 0.1) is 13.2 Å². The van der Waals surface area contributed by atoms with Crippen LogP contribution in [0.2, 0.25) is 0 Å². The van der Waals surface area contributed by atoms with Crippen molar-refractivity contribution >= 4 is 17.3 Å². The monoisotopic (exact) mass is 320 g/mol. The average molecular weight is 320 g/mol. The number of amides is 1. The first-order chi connectivity index (χ1) is 11.7. The summed E-state index contributed by atoms with van der Waals surface area (Å²) in [5.41, 5.74) is 4.20. The lowest BCUT2D eigenvalue weighted by molar-refractivity contribution is 0.102. The summed E-state index contributed by atoms with van der Waals surface area (Å²) in [5.74, 6) is 2.44. The van der Waals surface area contributed by atoms with Crippen LogP contribution in [0.5, 0.6) is 0 Å². The van der Waals surface area contributed by atoms with E-state index in [9.17, 15) is 4.79 Å². The molecule has 2 aromatic rings. The first-order valence-corrected chi connectivity index (χ1v) is 7.99. The topological polar surface area (TPSA) is 41.6 Å². The summed E-state index contributed by atoms with van der Waals surface area (Å²) in [6, 6.07) is 13.3. The van der Waals surface area contributed by atoms with Gasteiger partial charge >= 0.3 is 0 Å². The maximum Gasteiger partial charge on any atom is 0.255 e. The molecule has 1 N–H and O–H groups in total. The smallest absolute Gasteiger partial charge is 0.255 e. The maximum absolute atomic E-state index is 12.4. The molecule has 0 spiro atoms. The van der Waals surface area contributed by atoms with Crippen molar-refractivity contribution in [3.05, 3.63) is 59.2 Å². The molecule has 2 aromatic carbocycles. The Morgan fingerprint density at radius 1 is 1.17 bits per heavy atom. The Bertz CT molecular complexity index is 769. The number of nitrogens with one attached hydrogen (secondary N) is 1. The molecule has 0 aliphatic carbocycles. The van der Waals surface area contributed by atoms with Crippen molar-refractivity contribution in [2.24, 2.45) is 0 Å². The fourth-order valence-corrected chi connectivity index (χ4v) is 2.70. The highest BCUT2D eigenvalue weighted by Crippen LogP contribution is 2.20. The van der Waals surface area contributed by atoms with Gasteiger partial charge in [-0.1, -0.05) is 12.0 Å². The Balaban J connectivity index is 1.69. The molecule has 3 rings (SSSR count). The summed E-state index contributed by atoms with van der Waals surface area (Å²) >= 11 is 0. The van der Waals surface area contributed by atoms with Gasteiger partial charge in [-0.25, -0.2) is 0 Å². The number of benzene rings is 2. The van der Waals surface area contributed by atoms with Gasteiger partial charge in [0.25, 0.3) is 5.91 Å². The number of carbonyl (C=O) groups excluding carboxylic acids is 1. The zero-order chi connectivity index (χ0) is 16.9. The second kappa shape index (κ2) is 7.20. The third-order valence-electron chi connectivity index (χ3n) is 4.16. The Kier molecular flexibility index (Phi) is 4.83. The molecule has 4 nitrogen and oxygen atoms in total. The van der Waals surface area contributed by atoms with Crippen molar-refractivity contribution in [1.82, 2.24) is 0 Å². The molecule has 0 saturated carbocycles. The highest BCUT2D eigenvalue weighted by atomic mass is 16.5. The van der Waals surface area contributed by atoms with Crippen LogP contribution >= 0.6 is 0 Å². The molecule has 0 aromatic heterocycles. The lowest BCUT2D eigenvalue weighted by atomic mass is 10.1. The predicted octanol–water partition coefficient (Wildman–Crippen LogP) is 3.07. The van der Waals surface area contributed by atoms with Gasteiger partial charge in [-0.2, -0.15) is 0 Å². The molecule has 122 valence electrons. The third-order valence-corrected chi connectivity index (χ3v) is 4.16. The average Bonchev–Trinajstić information content (AvgIpc) is 2.63. The molecule has 1 heterocycles.